The predicted octanol–water partition coefficient (Wildman–Crippen LogP) is 4.23. The molecule has 0 atom stereocenters. The summed E-state index contributed by atoms with van der Waals surface area (Å²) in [6.07, 6.45) is 3.62. The standard InChI is InChI=1S/C17H13NO3S3/c1-23-12-4-2-3-11(9-12)18-16(21)15(24-17(18)22)8-10-5-6-13(19)14(20)7-10/h2-9,19-20H,1H3/b15-8+. The number of nitrogens with zero attached hydrogens (tertiary/aromatic N) is 1. The Kier molecular flexibility index (Phi) is 4.84. The zero-order valence-corrected chi connectivity index (χ0v) is 15.0. The fraction of sp³-hybridized carbons (Fsp3) is 0.0588. The van der Waals surface area contributed by atoms with Crippen molar-refractivity contribution in [3.63, 3.8) is 0 Å². The number of hydrogen-bond acceptors (Lipinski definition) is 6. The summed E-state index contributed by atoms with van der Waals surface area (Å²) in [5.41, 5.74) is 1.35. The molecule has 0 unspecified atom stereocenters. The van der Waals surface area contributed by atoms with E-state index in [0.717, 1.165) is 10.6 Å². The average Bonchev–Trinajstić information content (AvgIpc) is 2.85. The second-order valence-corrected chi connectivity index (χ2v) is 7.52. The van der Waals surface area contributed by atoms with Gasteiger partial charge in [-0.25, -0.2) is 0 Å². The average molecular weight is 375 g/mol. The summed E-state index contributed by atoms with van der Waals surface area (Å²) in [5.74, 6) is -0.628. The molecule has 2 N–H and O–H groups in total. The normalized spacial score (nSPS) is 16.2. The van der Waals surface area contributed by atoms with Gasteiger partial charge in [0, 0.05) is 4.90 Å². The highest BCUT2D eigenvalue weighted by molar-refractivity contribution is 8.27. The van der Waals surface area contributed by atoms with Gasteiger partial charge in [-0.05, 0) is 48.2 Å². The molecule has 2 aromatic rings. The number of carbonyl (C=O) groups excluding carboxylic acids is 1. The van der Waals surface area contributed by atoms with Crippen LogP contribution in [0.4, 0.5) is 5.69 Å². The van der Waals surface area contributed by atoms with Crippen LogP contribution in [0.3, 0.4) is 0 Å². The Morgan fingerprint density at radius 1 is 1.17 bits per heavy atom. The van der Waals surface area contributed by atoms with E-state index < -0.39 is 0 Å². The number of rotatable bonds is 3. The first-order valence-corrected chi connectivity index (χ1v) is 9.38. The molecule has 0 spiro atoms. The van der Waals surface area contributed by atoms with Crippen molar-refractivity contribution in [1.82, 2.24) is 0 Å². The van der Waals surface area contributed by atoms with E-state index in [0.29, 0.717) is 14.8 Å². The molecular formula is C17H13NO3S3. The Hall–Kier alpha value is -1.96. The molecule has 0 aromatic heterocycles. The highest BCUT2D eigenvalue weighted by Gasteiger charge is 2.33. The first kappa shape index (κ1) is 16.9. The monoisotopic (exact) mass is 375 g/mol. The molecule has 0 bridgehead atoms. The molecule has 1 saturated heterocycles. The van der Waals surface area contributed by atoms with E-state index in [1.54, 1.807) is 23.9 Å². The molecule has 1 heterocycles. The van der Waals surface area contributed by atoms with Crippen LogP contribution >= 0.6 is 35.7 Å². The van der Waals surface area contributed by atoms with Crippen LogP contribution in [-0.2, 0) is 4.79 Å². The van der Waals surface area contributed by atoms with Crippen molar-refractivity contribution in [1.29, 1.82) is 0 Å². The molecule has 2 aromatic carbocycles. The van der Waals surface area contributed by atoms with Crippen molar-refractivity contribution >= 4 is 57.7 Å². The summed E-state index contributed by atoms with van der Waals surface area (Å²) in [5, 5.41) is 18.9. The lowest BCUT2D eigenvalue weighted by atomic mass is 10.2. The minimum Gasteiger partial charge on any atom is -0.504 e. The van der Waals surface area contributed by atoms with Gasteiger partial charge < -0.3 is 10.2 Å². The Morgan fingerprint density at radius 3 is 2.67 bits per heavy atom. The van der Waals surface area contributed by atoms with Gasteiger partial charge in [0.2, 0.25) is 0 Å². The molecule has 1 amide bonds. The largest absolute Gasteiger partial charge is 0.504 e. The van der Waals surface area contributed by atoms with E-state index in [1.807, 2.05) is 30.5 Å². The molecule has 0 saturated carbocycles. The maximum absolute atomic E-state index is 12.7. The van der Waals surface area contributed by atoms with Crippen molar-refractivity contribution in [3.05, 3.63) is 52.9 Å². The number of thioether (sulfide) groups is 2. The zero-order valence-electron chi connectivity index (χ0n) is 12.6. The summed E-state index contributed by atoms with van der Waals surface area (Å²) in [4.78, 5) is 15.7. The van der Waals surface area contributed by atoms with E-state index in [4.69, 9.17) is 12.2 Å². The van der Waals surface area contributed by atoms with Crippen molar-refractivity contribution < 1.29 is 15.0 Å². The van der Waals surface area contributed by atoms with Gasteiger partial charge in [0.05, 0.1) is 10.6 Å². The number of aromatic hydroxyl groups is 2. The van der Waals surface area contributed by atoms with Gasteiger partial charge in [-0.1, -0.05) is 36.1 Å². The molecule has 4 nitrogen and oxygen atoms in total. The number of hydrogen-bond donors (Lipinski definition) is 2. The summed E-state index contributed by atoms with van der Waals surface area (Å²) in [6.45, 7) is 0. The van der Waals surface area contributed by atoms with Gasteiger partial charge in [-0.2, -0.15) is 0 Å². The van der Waals surface area contributed by atoms with Gasteiger partial charge in [-0.15, -0.1) is 11.8 Å². The van der Waals surface area contributed by atoms with Crippen molar-refractivity contribution in [2.75, 3.05) is 11.2 Å². The lowest BCUT2D eigenvalue weighted by Gasteiger charge is -2.15. The highest BCUT2D eigenvalue weighted by Crippen LogP contribution is 2.37. The Bertz CT molecular complexity index is 864. The Balaban J connectivity index is 1.93. The molecule has 0 radical (unpaired) electrons. The maximum atomic E-state index is 12.7. The fourth-order valence-corrected chi connectivity index (χ4v) is 3.97. The second-order valence-electron chi connectivity index (χ2n) is 4.97. The molecular weight excluding hydrogens is 362 g/mol. The van der Waals surface area contributed by atoms with Gasteiger partial charge >= 0.3 is 0 Å². The summed E-state index contributed by atoms with van der Waals surface area (Å²) in [6, 6.07) is 12.0. The van der Waals surface area contributed by atoms with E-state index in [9.17, 15) is 15.0 Å². The van der Waals surface area contributed by atoms with E-state index in [-0.39, 0.29) is 17.4 Å². The molecule has 1 fully saturated rings. The van der Waals surface area contributed by atoms with Crippen LogP contribution in [0.25, 0.3) is 6.08 Å². The number of phenolic OH excluding ortho intramolecular Hbond substituents is 2. The minimum absolute atomic E-state index is 0.198. The third-order valence-corrected chi connectivity index (χ3v) is 5.43. The fourth-order valence-electron chi connectivity index (χ4n) is 2.22. The first-order chi connectivity index (χ1) is 11.5. The van der Waals surface area contributed by atoms with E-state index in [2.05, 4.69) is 0 Å². The molecule has 1 aliphatic heterocycles. The topological polar surface area (TPSA) is 60.8 Å². The van der Waals surface area contributed by atoms with Crippen LogP contribution in [0.5, 0.6) is 11.5 Å². The van der Waals surface area contributed by atoms with Crippen LogP contribution in [0, 0.1) is 0 Å². The SMILES string of the molecule is CSc1cccc(N2C(=O)/C(=C\c3ccc(O)c(O)c3)SC2=S)c1. The molecule has 0 aliphatic carbocycles. The van der Waals surface area contributed by atoms with Gasteiger partial charge in [0.1, 0.15) is 0 Å². The number of anilines is 1. The van der Waals surface area contributed by atoms with Gasteiger partial charge in [0.15, 0.2) is 15.8 Å². The molecule has 24 heavy (non-hydrogen) atoms. The lowest BCUT2D eigenvalue weighted by Crippen LogP contribution is -2.27. The van der Waals surface area contributed by atoms with Crippen molar-refractivity contribution in [2.45, 2.75) is 4.90 Å². The Morgan fingerprint density at radius 2 is 1.96 bits per heavy atom. The number of thiocarbonyl (C=S) groups is 1. The number of benzene rings is 2. The summed E-state index contributed by atoms with van der Waals surface area (Å²) >= 11 is 8.16. The zero-order chi connectivity index (χ0) is 17.3. The van der Waals surface area contributed by atoms with E-state index >= 15 is 0 Å². The number of phenols is 2. The first-order valence-electron chi connectivity index (χ1n) is 6.93. The van der Waals surface area contributed by atoms with Gasteiger partial charge in [-0.3, -0.25) is 9.69 Å². The second kappa shape index (κ2) is 6.88. The van der Waals surface area contributed by atoms with Crippen LogP contribution in [0.2, 0.25) is 0 Å². The third-order valence-electron chi connectivity index (χ3n) is 3.40. The third kappa shape index (κ3) is 3.28. The van der Waals surface area contributed by atoms with Crippen molar-refractivity contribution in [2.24, 2.45) is 0 Å². The molecule has 122 valence electrons. The highest BCUT2D eigenvalue weighted by atomic mass is 32.2. The summed E-state index contributed by atoms with van der Waals surface area (Å²) in [7, 11) is 0. The van der Waals surface area contributed by atoms with Crippen LogP contribution in [-0.4, -0.2) is 26.7 Å². The van der Waals surface area contributed by atoms with Crippen LogP contribution in [0.1, 0.15) is 5.56 Å². The van der Waals surface area contributed by atoms with Crippen LogP contribution < -0.4 is 4.90 Å². The predicted molar refractivity (Wildman–Crippen MR) is 104 cm³/mol. The number of carbonyl (C=O) groups is 1. The molecule has 3 rings (SSSR count). The smallest absolute Gasteiger partial charge is 0.270 e. The maximum Gasteiger partial charge on any atom is 0.270 e. The molecule has 1 aliphatic rings. The summed E-state index contributed by atoms with van der Waals surface area (Å²) < 4.78 is 0.465. The van der Waals surface area contributed by atoms with Gasteiger partial charge in [0.25, 0.3) is 5.91 Å². The minimum atomic E-state index is -0.230. The molecule has 7 heteroatoms. The lowest BCUT2D eigenvalue weighted by molar-refractivity contribution is -0.113. The quantitative estimate of drug-likeness (QED) is 0.362. The van der Waals surface area contributed by atoms with Crippen LogP contribution in [0.15, 0.2) is 52.3 Å². The Labute approximate surface area is 153 Å². The number of amides is 1. The van der Waals surface area contributed by atoms with E-state index in [1.165, 1.54) is 28.8 Å². The van der Waals surface area contributed by atoms with Crippen molar-refractivity contribution in [3.8, 4) is 11.5 Å².